The third kappa shape index (κ3) is 7.20. The molecule has 1 aromatic heterocycles. The summed E-state index contributed by atoms with van der Waals surface area (Å²) in [5.41, 5.74) is -0.00383. The number of alkyl halides is 3. The van der Waals surface area contributed by atoms with Gasteiger partial charge in [-0.25, -0.2) is 4.98 Å². The van der Waals surface area contributed by atoms with Crippen molar-refractivity contribution in [1.29, 1.82) is 0 Å². The molecule has 0 radical (unpaired) electrons. The first-order chi connectivity index (χ1) is 20.5. The van der Waals surface area contributed by atoms with Crippen molar-refractivity contribution in [2.24, 2.45) is 5.92 Å². The number of pyridine rings is 1. The van der Waals surface area contributed by atoms with Crippen LogP contribution in [0.5, 0.6) is 0 Å². The van der Waals surface area contributed by atoms with Crippen LogP contribution in [-0.4, -0.2) is 96.3 Å². The standard InChI is InChI=1S/C30H38F3N7O3/c1-38-13-10-21(11-14-38)39(2)28(42)19-6-8-20(9-7-19)36-26-16-25(23(17-35-26)30(31,32)33)37-24-5-3-4-22(24)29(43)40-15-12-34-27(41)18-40/h6-9,16-17,21-22,24H,3-5,10-15,18H2,1-2H3,(H,34,41)(H2,35,36,37)/t22-,24+/m0/s1. The Balaban J connectivity index is 1.28. The van der Waals surface area contributed by atoms with Crippen LogP contribution in [0.1, 0.15) is 48.0 Å². The fourth-order valence-corrected chi connectivity index (χ4v) is 6.15. The van der Waals surface area contributed by atoms with Crippen LogP contribution in [0.3, 0.4) is 0 Å². The molecular formula is C30H38F3N7O3. The number of halogens is 3. The summed E-state index contributed by atoms with van der Waals surface area (Å²) in [6.45, 7) is 2.58. The predicted octanol–water partition coefficient (Wildman–Crippen LogP) is 3.55. The lowest BCUT2D eigenvalue weighted by atomic mass is 10.0. The van der Waals surface area contributed by atoms with Crippen LogP contribution in [0, 0.1) is 5.92 Å². The van der Waals surface area contributed by atoms with Gasteiger partial charge in [-0.2, -0.15) is 13.2 Å². The summed E-state index contributed by atoms with van der Waals surface area (Å²) in [5, 5.41) is 8.71. The van der Waals surface area contributed by atoms with E-state index in [2.05, 4.69) is 32.9 Å². The first-order valence-electron chi connectivity index (χ1n) is 14.7. The molecule has 2 saturated heterocycles. The highest BCUT2D eigenvalue weighted by Crippen LogP contribution is 2.38. The van der Waals surface area contributed by atoms with E-state index in [0.29, 0.717) is 43.6 Å². The lowest BCUT2D eigenvalue weighted by Gasteiger charge is -2.35. The summed E-state index contributed by atoms with van der Waals surface area (Å²) in [6.07, 6.45) is -0.300. The van der Waals surface area contributed by atoms with Crippen LogP contribution >= 0.6 is 0 Å². The molecule has 3 aliphatic rings. The van der Waals surface area contributed by atoms with Crippen LogP contribution < -0.4 is 16.0 Å². The summed E-state index contributed by atoms with van der Waals surface area (Å²) >= 11 is 0. The van der Waals surface area contributed by atoms with E-state index in [1.807, 2.05) is 7.05 Å². The minimum Gasteiger partial charge on any atom is -0.381 e. The maximum atomic E-state index is 14.0. The molecule has 2 aromatic rings. The van der Waals surface area contributed by atoms with Gasteiger partial charge >= 0.3 is 6.18 Å². The van der Waals surface area contributed by atoms with Gasteiger partial charge in [0.15, 0.2) is 0 Å². The normalized spacial score (nSPS) is 21.8. The Morgan fingerprint density at radius 3 is 2.47 bits per heavy atom. The fraction of sp³-hybridized carbons (Fsp3) is 0.533. The highest BCUT2D eigenvalue weighted by molar-refractivity contribution is 5.94. The van der Waals surface area contributed by atoms with Crippen molar-refractivity contribution in [3.05, 3.63) is 47.7 Å². The smallest absolute Gasteiger partial charge is 0.381 e. The van der Waals surface area contributed by atoms with Gasteiger partial charge < -0.3 is 30.7 Å². The first kappa shape index (κ1) is 30.6. The largest absolute Gasteiger partial charge is 0.419 e. The SMILES string of the molecule is CN1CCC(N(C)C(=O)c2ccc(Nc3cc(N[C@@H]4CCC[C@@H]4C(=O)N4CCNC(=O)C4)c(C(F)(F)F)cn3)cc2)CC1. The number of hydrogen-bond donors (Lipinski definition) is 3. The van der Waals surface area contributed by atoms with Gasteiger partial charge in [-0.1, -0.05) is 6.42 Å². The number of piperazine rings is 1. The maximum Gasteiger partial charge on any atom is 0.419 e. The molecule has 232 valence electrons. The van der Waals surface area contributed by atoms with Gasteiger partial charge in [0.2, 0.25) is 11.8 Å². The Morgan fingerprint density at radius 2 is 1.79 bits per heavy atom. The Kier molecular flexibility index (Phi) is 9.09. The molecule has 1 aromatic carbocycles. The summed E-state index contributed by atoms with van der Waals surface area (Å²) in [6, 6.07) is 7.73. The highest BCUT2D eigenvalue weighted by atomic mass is 19.4. The van der Waals surface area contributed by atoms with Crippen LogP contribution in [0.25, 0.3) is 0 Å². The van der Waals surface area contributed by atoms with E-state index in [-0.39, 0.29) is 41.8 Å². The number of likely N-dealkylation sites (tertiary alicyclic amines) is 1. The van der Waals surface area contributed by atoms with Crippen LogP contribution in [0.4, 0.5) is 30.4 Å². The molecule has 5 rings (SSSR count). The average Bonchev–Trinajstić information content (AvgIpc) is 3.44. The van der Waals surface area contributed by atoms with Gasteiger partial charge in [-0.3, -0.25) is 14.4 Å². The molecule has 3 fully saturated rings. The van der Waals surface area contributed by atoms with E-state index >= 15 is 0 Å². The van der Waals surface area contributed by atoms with Crippen molar-refractivity contribution in [3.8, 4) is 0 Å². The van der Waals surface area contributed by atoms with E-state index in [4.69, 9.17) is 0 Å². The van der Waals surface area contributed by atoms with Gasteiger partial charge in [-0.15, -0.1) is 0 Å². The molecule has 0 spiro atoms. The lowest BCUT2D eigenvalue weighted by molar-refractivity contribution is -0.141. The second kappa shape index (κ2) is 12.8. The third-order valence-corrected chi connectivity index (χ3v) is 8.69. The molecule has 13 heteroatoms. The minimum atomic E-state index is -4.65. The van der Waals surface area contributed by atoms with E-state index in [1.165, 1.54) is 11.0 Å². The molecule has 0 bridgehead atoms. The third-order valence-electron chi connectivity index (χ3n) is 8.69. The van der Waals surface area contributed by atoms with Gasteiger partial charge in [0, 0.05) is 55.7 Å². The molecular weight excluding hydrogens is 563 g/mol. The number of benzene rings is 1. The van der Waals surface area contributed by atoms with Gasteiger partial charge in [-0.05, 0) is 70.1 Å². The number of nitrogens with zero attached hydrogens (tertiary/aromatic N) is 4. The number of aromatic nitrogens is 1. The predicted molar refractivity (Wildman–Crippen MR) is 156 cm³/mol. The maximum absolute atomic E-state index is 14.0. The quantitative estimate of drug-likeness (QED) is 0.446. The van der Waals surface area contributed by atoms with Crippen molar-refractivity contribution in [2.45, 2.75) is 50.4 Å². The van der Waals surface area contributed by atoms with Crippen LogP contribution in [-0.2, 0) is 15.8 Å². The number of nitrogens with one attached hydrogen (secondary N) is 3. The van der Waals surface area contributed by atoms with E-state index in [1.54, 1.807) is 29.2 Å². The number of carbonyl (C=O) groups is 3. The Bertz CT molecular complexity index is 1330. The van der Waals surface area contributed by atoms with E-state index in [0.717, 1.165) is 32.1 Å². The summed E-state index contributed by atoms with van der Waals surface area (Å²) in [5.74, 6) is -0.887. The number of hydrogen-bond acceptors (Lipinski definition) is 7. The molecule has 1 aliphatic carbocycles. The molecule has 3 heterocycles. The lowest BCUT2D eigenvalue weighted by Crippen LogP contribution is -2.52. The number of carbonyl (C=O) groups excluding carboxylic acids is 3. The zero-order valence-electron chi connectivity index (χ0n) is 24.4. The van der Waals surface area contributed by atoms with Crippen molar-refractivity contribution in [1.82, 2.24) is 25.0 Å². The average molecular weight is 602 g/mol. The highest BCUT2D eigenvalue weighted by Gasteiger charge is 2.40. The second-order valence-electron chi connectivity index (χ2n) is 11.7. The second-order valence-corrected chi connectivity index (χ2v) is 11.7. The van der Waals surface area contributed by atoms with Gasteiger partial charge in [0.25, 0.3) is 5.91 Å². The first-order valence-corrected chi connectivity index (χ1v) is 14.7. The molecule has 1 saturated carbocycles. The number of anilines is 3. The zero-order valence-corrected chi connectivity index (χ0v) is 24.4. The Hall–Kier alpha value is -3.87. The van der Waals surface area contributed by atoms with Crippen molar-refractivity contribution >= 4 is 34.9 Å². The summed E-state index contributed by atoms with van der Waals surface area (Å²) in [4.78, 5) is 47.5. The zero-order chi connectivity index (χ0) is 30.7. The van der Waals surface area contributed by atoms with Crippen molar-refractivity contribution < 1.29 is 27.6 Å². The van der Waals surface area contributed by atoms with Crippen LogP contribution in [0.15, 0.2) is 36.5 Å². The summed E-state index contributed by atoms with van der Waals surface area (Å²) in [7, 11) is 3.89. The molecule has 3 amide bonds. The fourth-order valence-electron chi connectivity index (χ4n) is 6.15. The van der Waals surface area contributed by atoms with Crippen molar-refractivity contribution in [2.75, 3.05) is 57.5 Å². The molecule has 3 N–H and O–H groups in total. The molecule has 0 unspecified atom stereocenters. The minimum absolute atomic E-state index is 0.0436. The van der Waals surface area contributed by atoms with E-state index in [9.17, 15) is 27.6 Å². The van der Waals surface area contributed by atoms with Crippen molar-refractivity contribution in [3.63, 3.8) is 0 Å². The van der Waals surface area contributed by atoms with Crippen LogP contribution in [0.2, 0.25) is 0 Å². The topological polar surface area (TPSA) is 110 Å². The number of amides is 3. The monoisotopic (exact) mass is 601 g/mol. The Labute approximate surface area is 249 Å². The van der Waals surface area contributed by atoms with E-state index < -0.39 is 23.7 Å². The van der Waals surface area contributed by atoms with Gasteiger partial charge in [0.1, 0.15) is 5.82 Å². The summed E-state index contributed by atoms with van der Waals surface area (Å²) < 4.78 is 41.9. The number of piperidine rings is 1. The van der Waals surface area contributed by atoms with Gasteiger partial charge in [0.05, 0.1) is 23.7 Å². The molecule has 2 atom stereocenters. The molecule has 10 nitrogen and oxygen atoms in total. The molecule has 2 aliphatic heterocycles. The Morgan fingerprint density at radius 1 is 1.07 bits per heavy atom. The molecule has 43 heavy (non-hydrogen) atoms. The number of rotatable bonds is 7.